The minimum Gasteiger partial charge on any atom is -0.348 e. The van der Waals surface area contributed by atoms with Gasteiger partial charge in [0.25, 0.3) is 0 Å². The average Bonchev–Trinajstić information content (AvgIpc) is 3.12. The van der Waals surface area contributed by atoms with Crippen molar-refractivity contribution in [3.63, 3.8) is 0 Å². The standard InChI is InChI=1S/C19H14Cl2F2N2O2S/c20-12-3-5-14(15(21)10-12)19-17-2-1-7-24(17)8-9-25(19)28(26,27)18-11-13(22)4-6-16(18)23/h1-7,10-11,19H,8-9H2. The fourth-order valence-electron chi connectivity index (χ4n) is 3.46. The highest BCUT2D eigenvalue weighted by Gasteiger charge is 2.39. The first-order valence-electron chi connectivity index (χ1n) is 8.36. The van der Waals surface area contributed by atoms with Gasteiger partial charge in [0.1, 0.15) is 16.5 Å². The Balaban J connectivity index is 1.91. The maximum Gasteiger partial charge on any atom is 0.247 e. The third kappa shape index (κ3) is 3.22. The Morgan fingerprint density at radius 2 is 1.79 bits per heavy atom. The summed E-state index contributed by atoms with van der Waals surface area (Å²) in [5, 5.41) is 0.692. The smallest absolute Gasteiger partial charge is 0.247 e. The van der Waals surface area contributed by atoms with E-state index in [-0.39, 0.29) is 11.6 Å². The largest absolute Gasteiger partial charge is 0.348 e. The lowest BCUT2D eigenvalue weighted by Gasteiger charge is -2.36. The van der Waals surface area contributed by atoms with Gasteiger partial charge in [-0.3, -0.25) is 0 Å². The lowest BCUT2D eigenvalue weighted by Crippen LogP contribution is -2.42. The fraction of sp³-hybridized carbons (Fsp3) is 0.158. The Morgan fingerprint density at radius 1 is 1.00 bits per heavy atom. The maximum atomic E-state index is 14.3. The van der Waals surface area contributed by atoms with E-state index in [1.807, 2.05) is 10.8 Å². The molecule has 1 unspecified atom stereocenters. The molecule has 146 valence electrons. The summed E-state index contributed by atoms with van der Waals surface area (Å²) in [5.74, 6) is -1.84. The van der Waals surface area contributed by atoms with Gasteiger partial charge >= 0.3 is 0 Å². The molecule has 0 saturated heterocycles. The molecule has 0 aliphatic carbocycles. The maximum absolute atomic E-state index is 14.3. The molecule has 4 rings (SSSR count). The van der Waals surface area contributed by atoms with Gasteiger partial charge < -0.3 is 4.57 Å². The molecule has 4 nitrogen and oxygen atoms in total. The Hall–Kier alpha value is -1.93. The first-order valence-corrected chi connectivity index (χ1v) is 10.6. The van der Waals surface area contributed by atoms with E-state index in [2.05, 4.69) is 0 Å². The number of fused-ring (bicyclic) bond motifs is 1. The molecule has 0 N–H and O–H groups in total. The van der Waals surface area contributed by atoms with E-state index in [0.29, 0.717) is 28.9 Å². The Kier molecular flexibility index (Phi) is 4.95. The van der Waals surface area contributed by atoms with Crippen molar-refractivity contribution < 1.29 is 17.2 Å². The van der Waals surface area contributed by atoms with Crippen LogP contribution < -0.4 is 0 Å². The fourth-order valence-corrected chi connectivity index (χ4v) is 5.62. The normalized spacial score (nSPS) is 17.5. The number of nitrogens with zero attached hydrogens (tertiary/aromatic N) is 2. The molecule has 0 fully saturated rings. The van der Waals surface area contributed by atoms with E-state index in [1.165, 1.54) is 6.07 Å². The first-order chi connectivity index (χ1) is 13.3. The molecular weight excluding hydrogens is 429 g/mol. The van der Waals surface area contributed by atoms with Crippen LogP contribution >= 0.6 is 23.2 Å². The van der Waals surface area contributed by atoms with E-state index in [0.717, 1.165) is 16.4 Å². The molecule has 9 heteroatoms. The molecule has 1 aromatic heterocycles. The van der Waals surface area contributed by atoms with Crippen LogP contribution in [0.4, 0.5) is 8.78 Å². The van der Waals surface area contributed by atoms with Crippen molar-refractivity contribution in [2.75, 3.05) is 6.54 Å². The van der Waals surface area contributed by atoms with Gasteiger partial charge in [0.15, 0.2) is 0 Å². The lowest BCUT2D eigenvalue weighted by atomic mass is 10.0. The molecule has 0 bridgehead atoms. The predicted octanol–water partition coefficient (Wildman–Crippen LogP) is 4.87. The van der Waals surface area contributed by atoms with Crippen LogP contribution in [0.5, 0.6) is 0 Å². The molecule has 0 spiro atoms. The molecule has 1 atom stereocenters. The lowest BCUT2D eigenvalue weighted by molar-refractivity contribution is 0.297. The number of hydrogen-bond donors (Lipinski definition) is 0. The summed E-state index contributed by atoms with van der Waals surface area (Å²) in [7, 11) is -4.35. The summed E-state index contributed by atoms with van der Waals surface area (Å²) in [6, 6.07) is 9.92. The number of aromatic nitrogens is 1. The number of benzene rings is 2. The quantitative estimate of drug-likeness (QED) is 0.580. The molecule has 28 heavy (non-hydrogen) atoms. The van der Waals surface area contributed by atoms with Crippen molar-refractivity contribution in [2.24, 2.45) is 0 Å². The van der Waals surface area contributed by atoms with Crippen LogP contribution in [-0.4, -0.2) is 23.8 Å². The second-order valence-corrected chi connectivity index (χ2v) is 9.09. The molecule has 2 heterocycles. The van der Waals surface area contributed by atoms with Crippen LogP contribution in [0, 0.1) is 11.6 Å². The highest BCUT2D eigenvalue weighted by molar-refractivity contribution is 7.89. The number of sulfonamides is 1. The van der Waals surface area contributed by atoms with E-state index in [1.54, 1.807) is 24.3 Å². The minimum atomic E-state index is -4.35. The third-order valence-corrected chi connectivity index (χ3v) is 7.17. The summed E-state index contributed by atoms with van der Waals surface area (Å²) < 4.78 is 57.6. The SMILES string of the molecule is O=S(=O)(c1cc(F)ccc1F)N1CCn2cccc2C1c1ccc(Cl)cc1Cl. The summed E-state index contributed by atoms with van der Waals surface area (Å²) in [5.41, 5.74) is 1.18. The van der Waals surface area contributed by atoms with Crippen LogP contribution in [0.1, 0.15) is 17.3 Å². The Morgan fingerprint density at radius 3 is 2.54 bits per heavy atom. The van der Waals surface area contributed by atoms with Crippen molar-refractivity contribution in [3.05, 3.63) is 87.7 Å². The number of halogens is 4. The zero-order chi connectivity index (χ0) is 20.1. The first kappa shape index (κ1) is 19.4. The van der Waals surface area contributed by atoms with Gasteiger partial charge in [-0.1, -0.05) is 29.3 Å². The summed E-state index contributed by atoms with van der Waals surface area (Å²) in [6.45, 7) is 0.448. The van der Waals surface area contributed by atoms with Gasteiger partial charge in [-0.25, -0.2) is 17.2 Å². The van der Waals surface area contributed by atoms with E-state index in [4.69, 9.17) is 23.2 Å². The summed E-state index contributed by atoms with van der Waals surface area (Å²) >= 11 is 12.3. The van der Waals surface area contributed by atoms with E-state index >= 15 is 0 Å². The van der Waals surface area contributed by atoms with Gasteiger partial charge in [-0.05, 0) is 48.0 Å². The molecule has 3 aromatic rings. The molecule has 1 aliphatic rings. The average molecular weight is 443 g/mol. The third-order valence-electron chi connectivity index (χ3n) is 4.73. The molecule has 0 amide bonds. The van der Waals surface area contributed by atoms with Crippen molar-refractivity contribution in [1.82, 2.24) is 8.87 Å². The van der Waals surface area contributed by atoms with Crippen molar-refractivity contribution in [2.45, 2.75) is 17.5 Å². The van der Waals surface area contributed by atoms with Crippen molar-refractivity contribution >= 4 is 33.2 Å². The molecule has 1 aliphatic heterocycles. The highest BCUT2D eigenvalue weighted by atomic mass is 35.5. The van der Waals surface area contributed by atoms with Crippen LogP contribution in [0.25, 0.3) is 0 Å². The van der Waals surface area contributed by atoms with Gasteiger partial charge in [-0.2, -0.15) is 4.31 Å². The van der Waals surface area contributed by atoms with Gasteiger partial charge in [-0.15, -0.1) is 0 Å². The van der Waals surface area contributed by atoms with Crippen LogP contribution in [0.2, 0.25) is 10.0 Å². The molecule has 0 radical (unpaired) electrons. The van der Waals surface area contributed by atoms with Crippen LogP contribution in [-0.2, 0) is 16.6 Å². The van der Waals surface area contributed by atoms with Crippen LogP contribution in [0.15, 0.2) is 59.6 Å². The van der Waals surface area contributed by atoms with Crippen molar-refractivity contribution in [1.29, 1.82) is 0 Å². The van der Waals surface area contributed by atoms with E-state index < -0.39 is 32.6 Å². The Bertz CT molecular complexity index is 1160. The van der Waals surface area contributed by atoms with Gasteiger partial charge in [0, 0.05) is 35.0 Å². The van der Waals surface area contributed by atoms with Gasteiger partial charge in [0.05, 0.1) is 6.04 Å². The van der Waals surface area contributed by atoms with E-state index in [9.17, 15) is 17.2 Å². The minimum absolute atomic E-state index is 0.0730. The molecule has 2 aromatic carbocycles. The topological polar surface area (TPSA) is 42.3 Å². The second-order valence-electron chi connectivity index (χ2n) is 6.39. The molecule has 0 saturated carbocycles. The summed E-state index contributed by atoms with van der Waals surface area (Å²) in [4.78, 5) is -0.706. The second kappa shape index (κ2) is 7.15. The summed E-state index contributed by atoms with van der Waals surface area (Å²) in [6.07, 6.45) is 1.83. The zero-order valence-corrected chi connectivity index (χ0v) is 16.6. The van der Waals surface area contributed by atoms with Gasteiger partial charge in [0.2, 0.25) is 10.0 Å². The van der Waals surface area contributed by atoms with Crippen molar-refractivity contribution in [3.8, 4) is 0 Å². The molecular formula is C19H14Cl2F2N2O2S. The predicted molar refractivity (Wildman–Crippen MR) is 103 cm³/mol. The number of rotatable bonds is 3. The Labute approximate surface area is 171 Å². The number of hydrogen-bond acceptors (Lipinski definition) is 2. The zero-order valence-electron chi connectivity index (χ0n) is 14.3. The van der Waals surface area contributed by atoms with Crippen LogP contribution in [0.3, 0.4) is 0 Å². The monoisotopic (exact) mass is 442 g/mol. The highest BCUT2D eigenvalue weighted by Crippen LogP contribution is 2.40.